The number of benzene rings is 2. The first kappa shape index (κ1) is 22.7. The van der Waals surface area contributed by atoms with Crippen LogP contribution in [0, 0.1) is 12.3 Å². The van der Waals surface area contributed by atoms with E-state index in [-0.39, 0.29) is 35.1 Å². The topological polar surface area (TPSA) is 70.6 Å². The molecule has 0 heterocycles. The standard InChI is InChI=1S/C21H27N3O2S.HI/c1-17-8-10-18(11-9-17)14-22-20(24-19-6-4-3-5-7-19)23-15-21(12-13-21)16-27(2,25)26;/h3-11H,12-16H2,1-2H3,(H2,22,23,24);1H. The molecule has 2 aromatic carbocycles. The number of para-hydroxylation sites is 1. The van der Waals surface area contributed by atoms with Gasteiger partial charge in [0.15, 0.2) is 5.96 Å². The minimum Gasteiger partial charge on any atom is -0.356 e. The van der Waals surface area contributed by atoms with Crippen molar-refractivity contribution in [1.29, 1.82) is 0 Å². The Bertz CT molecular complexity index is 893. The molecular weight excluding hydrogens is 485 g/mol. The Morgan fingerprint density at radius 2 is 1.71 bits per heavy atom. The van der Waals surface area contributed by atoms with Gasteiger partial charge >= 0.3 is 0 Å². The number of aliphatic imine (C=N–C) groups is 1. The normalized spacial score (nSPS) is 15.4. The molecule has 2 N–H and O–H groups in total. The molecule has 0 saturated heterocycles. The fraction of sp³-hybridized carbons (Fsp3) is 0.381. The number of sulfone groups is 1. The van der Waals surface area contributed by atoms with Gasteiger partial charge in [0, 0.05) is 23.9 Å². The number of guanidine groups is 1. The Kier molecular flexibility index (Phi) is 7.88. The molecule has 7 heteroatoms. The smallest absolute Gasteiger partial charge is 0.196 e. The van der Waals surface area contributed by atoms with E-state index in [1.54, 1.807) is 0 Å². The molecule has 0 amide bonds. The summed E-state index contributed by atoms with van der Waals surface area (Å²) in [5.74, 6) is 0.894. The Morgan fingerprint density at radius 3 is 2.29 bits per heavy atom. The van der Waals surface area contributed by atoms with Crippen LogP contribution in [0.3, 0.4) is 0 Å². The second-order valence-corrected chi connectivity index (χ2v) is 9.71. The van der Waals surface area contributed by atoms with Crippen LogP contribution in [0.2, 0.25) is 0 Å². The SMILES string of the molecule is Cc1ccc(CN=C(NCC2(CS(C)(=O)=O)CC2)Nc2ccccc2)cc1.I. The number of hydrogen-bond donors (Lipinski definition) is 2. The Morgan fingerprint density at radius 1 is 1.07 bits per heavy atom. The van der Waals surface area contributed by atoms with Crippen molar-refractivity contribution in [2.45, 2.75) is 26.3 Å². The van der Waals surface area contributed by atoms with Crippen LogP contribution in [0.1, 0.15) is 24.0 Å². The van der Waals surface area contributed by atoms with Gasteiger partial charge in [0.2, 0.25) is 0 Å². The minimum atomic E-state index is -2.99. The van der Waals surface area contributed by atoms with E-state index in [9.17, 15) is 8.42 Å². The highest BCUT2D eigenvalue weighted by atomic mass is 127. The van der Waals surface area contributed by atoms with E-state index in [1.807, 2.05) is 30.3 Å². The van der Waals surface area contributed by atoms with Crippen LogP contribution < -0.4 is 10.6 Å². The molecule has 0 spiro atoms. The second kappa shape index (κ2) is 9.73. The molecule has 0 unspecified atom stereocenters. The van der Waals surface area contributed by atoms with E-state index in [4.69, 9.17) is 4.99 Å². The molecule has 3 rings (SSSR count). The van der Waals surface area contributed by atoms with E-state index in [2.05, 4.69) is 41.8 Å². The van der Waals surface area contributed by atoms with Gasteiger partial charge in [-0.1, -0.05) is 48.0 Å². The molecule has 0 aliphatic heterocycles. The number of rotatable bonds is 7. The lowest BCUT2D eigenvalue weighted by molar-refractivity contribution is 0.532. The van der Waals surface area contributed by atoms with E-state index in [1.165, 1.54) is 11.8 Å². The lowest BCUT2D eigenvalue weighted by Crippen LogP contribution is -2.37. The first-order chi connectivity index (χ1) is 12.8. The van der Waals surface area contributed by atoms with Gasteiger partial charge in [-0.15, -0.1) is 24.0 Å². The molecule has 1 fully saturated rings. The molecule has 5 nitrogen and oxygen atoms in total. The van der Waals surface area contributed by atoms with E-state index in [0.717, 1.165) is 24.1 Å². The summed E-state index contributed by atoms with van der Waals surface area (Å²) in [6.07, 6.45) is 3.18. The predicted molar refractivity (Wildman–Crippen MR) is 127 cm³/mol. The molecule has 2 aromatic rings. The van der Waals surface area contributed by atoms with Gasteiger partial charge in [-0.05, 0) is 37.5 Å². The van der Waals surface area contributed by atoms with Crippen LogP contribution >= 0.6 is 24.0 Å². The summed E-state index contributed by atoms with van der Waals surface area (Å²) >= 11 is 0. The Balaban J connectivity index is 0.00000280. The van der Waals surface area contributed by atoms with Gasteiger partial charge in [0.05, 0.1) is 12.3 Å². The molecule has 1 aliphatic carbocycles. The number of hydrogen-bond acceptors (Lipinski definition) is 3. The van der Waals surface area contributed by atoms with Crippen molar-refractivity contribution < 1.29 is 8.42 Å². The zero-order chi connectivity index (χ0) is 19.3. The van der Waals surface area contributed by atoms with Crippen LogP contribution in [-0.2, 0) is 16.4 Å². The average Bonchev–Trinajstić information content (AvgIpc) is 3.37. The summed E-state index contributed by atoms with van der Waals surface area (Å²) in [5.41, 5.74) is 3.14. The Labute approximate surface area is 185 Å². The molecule has 0 bridgehead atoms. The number of anilines is 1. The number of nitrogens with one attached hydrogen (secondary N) is 2. The zero-order valence-corrected chi connectivity index (χ0v) is 19.5. The van der Waals surface area contributed by atoms with Crippen LogP contribution in [0.15, 0.2) is 59.6 Å². The van der Waals surface area contributed by atoms with Crippen molar-refractivity contribution in [1.82, 2.24) is 5.32 Å². The van der Waals surface area contributed by atoms with Crippen LogP contribution in [0.4, 0.5) is 5.69 Å². The van der Waals surface area contributed by atoms with E-state index in [0.29, 0.717) is 19.0 Å². The molecule has 1 saturated carbocycles. The van der Waals surface area contributed by atoms with Gasteiger partial charge in [-0.2, -0.15) is 0 Å². The lowest BCUT2D eigenvalue weighted by atomic mass is 10.1. The quantitative estimate of drug-likeness (QED) is 0.334. The minimum absolute atomic E-state index is 0. The molecule has 0 atom stereocenters. The maximum atomic E-state index is 11.7. The van der Waals surface area contributed by atoms with Gasteiger partial charge in [-0.3, -0.25) is 0 Å². The third-order valence-corrected chi connectivity index (χ3v) is 5.87. The number of nitrogens with zero attached hydrogens (tertiary/aromatic N) is 1. The van der Waals surface area contributed by atoms with Gasteiger partial charge < -0.3 is 10.6 Å². The number of aryl methyl sites for hydroxylation is 1. The maximum absolute atomic E-state index is 11.7. The summed E-state index contributed by atoms with van der Waals surface area (Å²) in [5, 5.41) is 6.66. The molecular formula is C21H28IN3O2S. The third-order valence-electron chi connectivity index (χ3n) is 4.73. The number of halogens is 1. The first-order valence-corrected chi connectivity index (χ1v) is 11.2. The van der Waals surface area contributed by atoms with Gasteiger partial charge in [-0.25, -0.2) is 13.4 Å². The van der Waals surface area contributed by atoms with Gasteiger partial charge in [0.1, 0.15) is 9.84 Å². The van der Waals surface area contributed by atoms with Crippen LogP contribution in [-0.4, -0.2) is 32.9 Å². The van der Waals surface area contributed by atoms with E-state index < -0.39 is 9.84 Å². The first-order valence-electron chi connectivity index (χ1n) is 9.17. The highest BCUT2D eigenvalue weighted by molar-refractivity contribution is 14.0. The molecule has 0 radical (unpaired) electrons. The fourth-order valence-corrected chi connectivity index (χ4v) is 4.54. The van der Waals surface area contributed by atoms with Crippen LogP contribution in [0.5, 0.6) is 0 Å². The average molecular weight is 513 g/mol. The zero-order valence-electron chi connectivity index (χ0n) is 16.3. The largest absolute Gasteiger partial charge is 0.356 e. The summed E-state index contributed by atoms with van der Waals surface area (Å²) in [7, 11) is -2.99. The van der Waals surface area contributed by atoms with Crippen molar-refractivity contribution in [2.24, 2.45) is 10.4 Å². The summed E-state index contributed by atoms with van der Waals surface area (Å²) in [4.78, 5) is 4.69. The molecule has 28 heavy (non-hydrogen) atoms. The third kappa shape index (κ3) is 7.43. The van der Waals surface area contributed by atoms with Crippen molar-refractivity contribution in [3.05, 3.63) is 65.7 Å². The van der Waals surface area contributed by atoms with E-state index >= 15 is 0 Å². The molecule has 1 aliphatic rings. The summed E-state index contributed by atoms with van der Waals surface area (Å²) < 4.78 is 23.4. The highest BCUT2D eigenvalue weighted by Crippen LogP contribution is 2.46. The maximum Gasteiger partial charge on any atom is 0.196 e. The predicted octanol–water partition coefficient (Wildman–Crippen LogP) is 4.00. The van der Waals surface area contributed by atoms with Gasteiger partial charge in [0.25, 0.3) is 0 Å². The summed E-state index contributed by atoms with van der Waals surface area (Å²) in [6, 6.07) is 18.2. The summed E-state index contributed by atoms with van der Waals surface area (Å²) in [6.45, 7) is 3.22. The second-order valence-electron chi connectivity index (χ2n) is 7.57. The van der Waals surface area contributed by atoms with Crippen molar-refractivity contribution in [3.63, 3.8) is 0 Å². The monoisotopic (exact) mass is 513 g/mol. The Hall–Kier alpha value is -1.61. The van der Waals surface area contributed by atoms with Crippen molar-refractivity contribution in [2.75, 3.05) is 23.9 Å². The van der Waals surface area contributed by atoms with Crippen LogP contribution in [0.25, 0.3) is 0 Å². The van der Waals surface area contributed by atoms with Crippen molar-refractivity contribution in [3.8, 4) is 0 Å². The molecule has 152 valence electrons. The highest BCUT2D eigenvalue weighted by Gasteiger charge is 2.45. The fourth-order valence-electron chi connectivity index (χ4n) is 3.04. The van der Waals surface area contributed by atoms with Crippen molar-refractivity contribution >= 4 is 45.5 Å². The lowest BCUT2D eigenvalue weighted by Gasteiger charge is -2.18. The molecule has 0 aromatic heterocycles.